The second-order valence-corrected chi connectivity index (χ2v) is 8.00. The molecule has 0 aliphatic carbocycles. The molecule has 0 N–H and O–H groups in total. The highest BCUT2D eigenvalue weighted by Crippen LogP contribution is 2.38. The molecule has 1 heterocycles. The molecule has 0 spiro atoms. The van der Waals surface area contributed by atoms with E-state index in [0.717, 1.165) is 16.7 Å². The molecule has 1 fully saturated rings. The molecule has 0 unspecified atom stereocenters. The van der Waals surface area contributed by atoms with Gasteiger partial charge in [-0.2, -0.15) is 0 Å². The molecule has 1 aliphatic heterocycles. The fourth-order valence-electron chi connectivity index (χ4n) is 2.82. The van der Waals surface area contributed by atoms with Crippen LogP contribution in [-0.2, 0) is 11.3 Å². The van der Waals surface area contributed by atoms with Crippen molar-refractivity contribution in [2.24, 2.45) is 0 Å². The molecule has 2 amide bonds. The van der Waals surface area contributed by atoms with Crippen LogP contribution < -0.4 is 9.47 Å². The van der Waals surface area contributed by atoms with Gasteiger partial charge < -0.3 is 9.47 Å². The predicted octanol–water partition coefficient (Wildman–Crippen LogP) is 5.00. The van der Waals surface area contributed by atoms with E-state index in [-0.39, 0.29) is 17.1 Å². The number of amides is 2. The summed E-state index contributed by atoms with van der Waals surface area (Å²) in [5.74, 6) is 0.598. The number of benzene rings is 2. The molecular formula is C20H17BrN2O6S. The van der Waals surface area contributed by atoms with E-state index in [4.69, 9.17) is 9.47 Å². The van der Waals surface area contributed by atoms with E-state index < -0.39 is 16.1 Å². The molecule has 2 aromatic rings. The summed E-state index contributed by atoms with van der Waals surface area (Å²) in [5.41, 5.74) is 1.05. The molecule has 8 nitrogen and oxygen atoms in total. The third-order valence-corrected chi connectivity index (χ3v) is 5.80. The number of nitrogens with zero attached hydrogens (tertiary/aromatic N) is 2. The van der Waals surface area contributed by atoms with Crippen molar-refractivity contribution >= 4 is 50.6 Å². The Morgan fingerprint density at radius 3 is 2.67 bits per heavy atom. The highest BCUT2D eigenvalue weighted by Gasteiger charge is 2.35. The summed E-state index contributed by atoms with van der Waals surface area (Å²) in [6, 6.07) is 9.31. The van der Waals surface area contributed by atoms with Gasteiger partial charge >= 0.3 is 0 Å². The Kier molecular flexibility index (Phi) is 6.78. The van der Waals surface area contributed by atoms with Gasteiger partial charge in [-0.3, -0.25) is 24.6 Å². The predicted molar refractivity (Wildman–Crippen MR) is 116 cm³/mol. The van der Waals surface area contributed by atoms with Crippen LogP contribution in [0.3, 0.4) is 0 Å². The Bertz CT molecular complexity index is 1060. The normalized spacial score (nSPS) is 15.0. The summed E-state index contributed by atoms with van der Waals surface area (Å²) in [4.78, 5) is 36.9. The van der Waals surface area contributed by atoms with Gasteiger partial charge in [-0.1, -0.05) is 28.1 Å². The van der Waals surface area contributed by atoms with Gasteiger partial charge in [-0.15, -0.1) is 0 Å². The van der Waals surface area contributed by atoms with Gasteiger partial charge in [-0.05, 0) is 48.0 Å². The zero-order valence-electron chi connectivity index (χ0n) is 16.1. The SMILES string of the molecule is CCOc1cc(Br)c(/C=C2\SC(=O)N(Cc3cccc([N+](=O)[O-])c3)C2=O)cc1OC. The first-order valence-electron chi connectivity index (χ1n) is 8.83. The van der Waals surface area contributed by atoms with E-state index >= 15 is 0 Å². The van der Waals surface area contributed by atoms with E-state index in [9.17, 15) is 19.7 Å². The molecule has 1 saturated heterocycles. The van der Waals surface area contributed by atoms with E-state index in [1.54, 1.807) is 24.3 Å². The second-order valence-electron chi connectivity index (χ2n) is 6.15. The van der Waals surface area contributed by atoms with E-state index in [1.807, 2.05) is 6.92 Å². The van der Waals surface area contributed by atoms with Gasteiger partial charge in [0.2, 0.25) is 0 Å². The molecule has 0 atom stereocenters. The molecule has 0 saturated carbocycles. The maximum absolute atomic E-state index is 12.8. The minimum atomic E-state index is -0.520. The van der Waals surface area contributed by atoms with Gasteiger partial charge in [0, 0.05) is 16.6 Å². The Hall–Kier alpha value is -2.85. The van der Waals surface area contributed by atoms with Gasteiger partial charge in [0.15, 0.2) is 11.5 Å². The van der Waals surface area contributed by atoms with Crippen LogP contribution in [0.25, 0.3) is 6.08 Å². The molecule has 1 aliphatic rings. The van der Waals surface area contributed by atoms with E-state index in [2.05, 4.69) is 15.9 Å². The topological polar surface area (TPSA) is 99.0 Å². The number of nitro benzene ring substituents is 1. The maximum Gasteiger partial charge on any atom is 0.293 e. The number of methoxy groups -OCH3 is 1. The molecule has 0 bridgehead atoms. The summed E-state index contributed by atoms with van der Waals surface area (Å²) >= 11 is 4.26. The molecular weight excluding hydrogens is 476 g/mol. The molecule has 156 valence electrons. The van der Waals surface area contributed by atoms with Crippen molar-refractivity contribution in [3.05, 3.63) is 67.0 Å². The standard InChI is InChI=1S/C20H17BrN2O6S/c1-3-29-17-10-15(21)13(8-16(17)28-2)9-18-19(24)22(20(25)30-18)11-12-5-4-6-14(7-12)23(26)27/h4-10H,3,11H2,1-2H3/b18-9-. The summed E-state index contributed by atoms with van der Waals surface area (Å²) in [5, 5.41) is 10.5. The van der Waals surface area contributed by atoms with Gasteiger partial charge in [0.25, 0.3) is 16.8 Å². The van der Waals surface area contributed by atoms with E-state index in [1.165, 1.54) is 25.3 Å². The molecule has 10 heteroatoms. The maximum atomic E-state index is 12.8. The number of hydrogen-bond donors (Lipinski definition) is 0. The van der Waals surface area contributed by atoms with Crippen molar-refractivity contribution in [2.75, 3.05) is 13.7 Å². The van der Waals surface area contributed by atoms with Crippen molar-refractivity contribution in [2.45, 2.75) is 13.5 Å². The quantitative estimate of drug-likeness (QED) is 0.304. The van der Waals surface area contributed by atoms with Gasteiger partial charge in [0.05, 0.1) is 30.1 Å². The number of hydrogen-bond acceptors (Lipinski definition) is 7. The van der Waals surface area contributed by atoms with Crippen LogP contribution in [0.15, 0.2) is 45.8 Å². The third-order valence-electron chi connectivity index (χ3n) is 4.21. The van der Waals surface area contributed by atoms with Crippen LogP contribution in [0.1, 0.15) is 18.1 Å². The lowest BCUT2D eigenvalue weighted by atomic mass is 10.1. The summed E-state index contributed by atoms with van der Waals surface area (Å²) < 4.78 is 11.5. The molecule has 2 aromatic carbocycles. The fourth-order valence-corrected chi connectivity index (χ4v) is 4.08. The first-order valence-corrected chi connectivity index (χ1v) is 10.4. The number of non-ortho nitro benzene ring substituents is 1. The summed E-state index contributed by atoms with van der Waals surface area (Å²) in [6.07, 6.45) is 1.60. The molecule has 3 rings (SSSR count). The zero-order valence-corrected chi connectivity index (χ0v) is 18.5. The fraction of sp³-hybridized carbons (Fsp3) is 0.200. The number of carbonyl (C=O) groups is 2. The average Bonchev–Trinajstić information content (AvgIpc) is 2.97. The van der Waals surface area contributed by atoms with Crippen molar-refractivity contribution in [1.82, 2.24) is 4.90 Å². The number of thioether (sulfide) groups is 1. The lowest BCUT2D eigenvalue weighted by molar-refractivity contribution is -0.384. The Morgan fingerprint density at radius 2 is 2.00 bits per heavy atom. The highest BCUT2D eigenvalue weighted by molar-refractivity contribution is 9.10. The molecule has 0 aromatic heterocycles. The van der Waals surface area contributed by atoms with Crippen LogP contribution >= 0.6 is 27.7 Å². The lowest BCUT2D eigenvalue weighted by Crippen LogP contribution is -2.27. The zero-order chi connectivity index (χ0) is 21.8. The van der Waals surface area contributed by atoms with Crippen LogP contribution in [0, 0.1) is 10.1 Å². The van der Waals surface area contributed by atoms with Gasteiger partial charge in [0.1, 0.15) is 0 Å². The minimum absolute atomic E-state index is 0.0442. The molecule has 30 heavy (non-hydrogen) atoms. The van der Waals surface area contributed by atoms with Crippen LogP contribution in [-0.4, -0.2) is 34.7 Å². The Morgan fingerprint density at radius 1 is 1.23 bits per heavy atom. The molecule has 0 radical (unpaired) electrons. The van der Waals surface area contributed by atoms with Crippen molar-refractivity contribution in [3.8, 4) is 11.5 Å². The number of carbonyl (C=O) groups excluding carboxylic acids is 2. The third kappa shape index (κ3) is 4.65. The average molecular weight is 493 g/mol. The van der Waals surface area contributed by atoms with Crippen LogP contribution in [0.2, 0.25) is 0 Å². The first kappa shape index (κ1) is 21.8. The Balaban J connectivity index is 1.86. The number of halogens is 1. The Labute approximate surface area is 185 Å². The number of imide groups is 1. The monoisotopic (exact) mass is 492 g/mol. The smallest absolute Gasteiger partial charge is 0.293 e. The number of rotatable bonds is 7. The van der Waals surface area contributed by atoms with E-state index in [0.29, 0.717) is 33.7 Å². The second kappa shape index (κ2) is 9.31. The number of nitro groups is 1. The van der Waals surface area contributed by atoms with Gasteiger partial charge in [-0.25, -0.2) is 0 Å². The summed E-state index contributed by atoms with van der Waals surface area (Å²) in [7, 11) is 1.52. The van der Waals surface area contributed by atoms with Crippen molar-refractivity contribution in [1.29, 1.82) is 0 Å². The summed E-state index contributed by atoms with van der Waals surface area (Å²) in [6.45, 7) is 2.29. The first-order chi connectivity index (χ1) is 14.3. The van der Waals surface area contributed by atoms with Crippen molar-refractivity contribution in [3.63, 3.8) is 0 Å². The minimum Gasteiger partial charge on any atom is -0.493 e. The van der Waals surface area contributed by atoms with Crippen LogP contribution in [0.4, 0.5) is 10.5 Å². The highest BCUT2D eigenvalue weighted by atomic mass is 79.9. The lowest BCUT2D eigenvalue weighted by Gasteiger charge is -2.13. The number of ether oxygens (including phenoxy) is 2. The van der Waals surface area contributed by atoms with Crippen molar-refractivity contribution < 1.29 is 24.0 Å². The van der Waals surface area contributed by atoms with Crippen LogP contribution in [0.5, 0.6) is 11.5 Å². The largest absolute Gasteiger partial charge is 0.493 e.